The predicted molar refractivity (Wildman–Crippen MR) is 67.8 cm³/mol. The van der Waals surface area contributed by atoms with Gasteiger partial charge >= 0.3 is 6.18 Å². The van der Waals surface area contributed by atoms with Gasteiger partial charge in [0, 0.05) is 13.1 Å². The van der Waals surface area contributed by atoms with Crippen molar-refractivity contribution in [1.82, 2.24) is 4.90 Å². The molecular weight excluding hydrogens is 255 g/mol. The molecule has 3 unspecified atom stereocenters. The van der Waals surface area contributed by atoms with Crippen LogP contribution in [0.5, 0.6) is 0 Å². The molecule has 2 fully saturated rings. The van der Waals surface area contributed by atoms with E-state index in [0.29, 0.717) is 13.0 Å². The molecular formula is C14H24F3NO. The lowest BCUT2D eigenvalue weighted by Gasteiger charge is -2.36. The number of alkyl halides is 3. The molecule has 3 atom stereocenters. The second-order valence-electron chi connectivity index (χ2n) is 6.11. The minimum absolute atomic E-state index is 0.118. The first-order chi connectivity index (χ1) is 8.97. The number of piperidine rings is 1. The van der Waals surface area contributed by atoms with Gasteiger partial charge < -0.3 is 10.0 Å². The van der Waals surface area contributed by atoms with Crippen LogP contribution in [0.1, 0.15) is 44.9 Å². The lowest BCUT2D eigenvalue weighted by Crippen LogP contribution is -2.45. The fraction of sp³-hybridized carbons (Fsp3) is 1.00. The van der Waals surface area contributed by atoms with Crippen molar-refractivity contribution in [3.63, 3.8) is 0 Å². The van der Waals surface area contributed by atoms with Crippen molar-refractivity contribution in [2.75, 3.05) is 19.6 Å². The van der Waals surface area contributed by atoms with E-state index in [-0.39, 0.29) is 25.0 Å². The highest BCUT2D eigenvalue weighted by Crippen LogP contribution is 2.34. The molecule has 1 saturated heterocycles. The summed E-state index contributed by atoms with van der Waals surface area (Å²) in [6, 6.07) is 0. The van der Waals surface area contributed by atoms with Gasteiger partial charge in [0.15, 0.2) is 0 Å². The van der Waals surface area contributed by atoms with E-state index in [9.17, 15) is 18.3 Å². The third kappa shape index (κ3) is 4.35. The number of aliphatic hydroxyl groups excluding tert-OH is 1. The van der Waals surface area contributed by atoms with Gasteiger partial charge in [0.2, 0.25) is 0 Å². The van der Waals surface area contributed by atoms with Gasteiger partial charge in [-0.15, -0.1) is 0 Å². The van der Waals surface area contributed by atoms with Crippen molar-refractivity contribution >= 4 is 0 Å². The zero-order chi connectivity index (χ0) is 13.9. The Labute approximate surface area is 113 Å². The monoisotopic (exact) mass is 279 g/mol. The number of halogens is 3. The average Bonchev–Trinajstić information content (AvgIpc) is 2.54. The number of nitrogens with zero attached hydrogens (tertiary/aromatic N) is 1. The van der Waals surface area contributed by atoms with E-state index in [1.807, 2.05) is 4.90 Å². The van der Waals surface area contributed by atoms with Crippen molar-refractivity contribution in [1.29, 1.82) is 0 Å². The molecule has 1 heterocycles. The van der Waals surface area contributed by atoms with E-state index in [2.05, 4.69) is 0 Å². The number of hydrogen-bond acceptors (Lipinski definition) is 2. The fourth-order valence-corrected chi connectivity index (χ4v) is 3.40. The van der Waals surface area contributed by atoms with Crippen LogP contribution in [-0.2, 0) is 0 Å². The van der Waals surface area contributed by atoms with Crippen LogP contribution in [0.25, 0.3) is 0 Å². The van der Waals surface area contributed by atoms with Crippen molar-refractivity contribution in [3.8, 4) is 0 Å². The molecule has 0 aromatic carbocycles. The molecule has 2 nitrogen and oxygen atoms in total. The van der Waals surface area contributed by atoms with Crippen molar-refractivity contribution in [3.05, 3.63) is 0 Å². The van der Waals surface area contributed by atoms with Crippen LogP contribution < -0.4 is 0 Å². The average molecular weight is 279 g/mol. The summed E-state index contributed by atoms with van der Waals surface area (Å²) in [5.74, 6) is -1.02. The van der Waals surface area contributed by atoms with E-state index in [1.165, 1.54) is 0 Å². The summed E-state index contributed by atoms with van der Waals surface area (Å²) >= 11 is 0. The molecule has 19 heavy (non-hydrogen) atoms. The van der Waals surface area contributed by atoms with Crippen LogP contribution in [0.4, 0.5) is 13.2 Å². The van der Waals surface area contributed by atoms with Gasteiger partial charge in [0.25, 0.3) is 0 Å². The van der Waals surface area contributed by atoms with Gasteiger partial charge in [-0.3, -0.25) is 0 Å². The Kier molecular flexibility index (Phi) is 5.12. The normalized spacial score (nSPS) is 35.1. The highest BCUT2D eigenvalue weighted by atomic mass is 19.4. The predicted octanol–water partition coefficient (Wildman–Crippen LogP) is 3.20. The smallest absolute Gasteiger partial charge is 0.393 e. The second-order valence-corrected chi connectivity index (χ2v) is 6.11. The maximum atomic E-state index is 12.8. The first-order valence-electron chi connectivity index (χ1n) is 7.44. The van der Waals surface area contributed by atoms with E-state index in [1.54, 1.807) is 0 Å². The first kappa shape index (κ1) is 15.1. The van der Waals surface area contributed by atoms with Crippen LogP contribution in [0.2, 0.25) is 0 Å². The van der Waals surface area contributed by atoms with E-state index < -0.39 is 12.1 Å². The van der Waals surface area contributed by atoms with Crippen LogP contribution >= 0.6 is 0 Å². The van der Waals surface area contributed by atoms with Gasteiger partial charge in [-0.25, -0.2) is 0 Å². The fourth-order valence-electron chi connectivity index (χ4n) is 3.40. The minimum Gasteiger partial charge on any atom is -0.393 e. The molecule has 0 aromatic rings. The standard InChI is InChI=1S/C14H24F3NO/c15-14(16,17)12-6-4-8-18(10-12)9-11-5-2-1-3-7-13(11)19/h11-13,19H,1-10H2. The topological polar surface area (TPSA) is 23.5 Å². The molecule has 0 radical (unpaired) electrons. The van der Waals surface area contributed by atoms with E-state index >= 15 is 0 Å². The summed E-state index contributed by atoms with van der Waals surface area (Å²) in [6.07, 6.45) is 1.52. The Hall–Kier alpha value is -0.290. The largest absolute Gasteiger partial charge is 0.393 e. The molecule has 0 amide bonds. The summed E-state index contributed by atoms with van der Waals surface area (Å²) in [7, 11) is 0. The zero-order valence-corrected chi connectivity index (χ0v) is 11.3. The number of hydrogen-bond donors (Lipinski definition) is 1. The Morgan fingerprint density at radius 3 is 2.47 bits per heavy atom. The van der Waals surface area contributed by atoms with Crippen LogP contribution in [0, 0.1) is 11.8 Å². The Balaban J connectivity index is 1.87. The molecule has 0 bridgehead atoms. The van der Waals surface area contributed by atoms with Gasteiger partial charge in [0.1, 0.15) is 0 Å². The van der Waals surface area contributed by atoms with Gasteiger partial charge in [-0.05, 0) is 38.1 Å². The van der Waals surface area contributed by atoms with Crippen LogP contribution in [0.3, 0.4) is 0 Å². The molecule has 2 rings (SSSR count). The summed E-state index contributed by atoms with van der Waals surface area (Å²) in [5, 5.41) is 10.1. The molecule has 2 aliphatic rings. The second kappa shape index (κ2) is 6.44. The third-order valence-corrected chi connectivity index (χ3v) is 4.58. The quantitative estimate of drug-likeness (QED) is 0.785. The van der Waals surface area contributed by atoms with Crippen LogP contribution in [0.15, 0.2) is 0 Å². The highest BCUT2D eigenvalue weighted by Gasteiger charge is 2.42. The summed E-state index contributed by atoms with van der Waals surface area (Å²) < 4.78 is 38.3. The number of likely N-dealkylation sites (tertiary alicyclic amines) is 1. The lowest BCUT2D eigenvalue weighted by atomic mass is 9.93. The molecule has 1 aliphatic heterocycles. The third-order valence-electron chi connectivity index (χ3n) is 4.58. The first-order valence-corrected chi connectivity index (χ1v) is 7.44. The van der Waals surface area contributed by atoms with Crippen LogP contribution in [-0.4, -0.2) is 41.9 Å². The number of aliphatic hydroxyl groups is 1. The molecule has 1 saturated carbocycles. The molecule has 1 aliphatic carbocycles. The Morgan fingerprint density at radius 2 is 1.74 bits per heavy atom. The molecule has 112 valence electrons. The Bertz CT molecular complexity index is 282. The SMILES string of the molecule is OC1CCCCCC1CN1CCCC(C(F)(F)F)C1. The number of rotatable bonds is 2. The van der Waals surface area contributed by atoms with Gasteiger partial charge in [0.05, 0.1) is 12.0 Å². The molecule has 5 heteroatoms. The van der Waals surface area contributed by atoms with Gasteiger partial charge in [-0.1, -0.05) is 19.3 Å². The van der Waals surface area contributed by atoms with Crippen molar-refractivity contribution < 1.29 is 18.3 Å². The lowest BCUT2D eigenvalue weighted by molar-refractivity contribution is -0.187. The minimum atomic E-state index is -4.07. The maximum absolute atomic E-state index is 12.8. The summed E-state index contributed by atoms with van der Waals surface area (Å²) in [5.41, 5.74) is 0. The van der Waals surface area contributed by atoms with Gasteiger partial charge in [-0.2, -0.15) is 13.2 Å². The van der Waals surface area contributed by atoms with E-state index in [4.69, 9.17) is 0 Å². The molecule has 1 N–H and O–H groups in total. The Morgan fingerprint density at radius 1 is 1.00 bits per heavy atom. The molecule has 0 aromatic heterocycles. The zero-order valence-electron chi connectivity index (χ0n) is 11.3. The highest BCUT2D eigenvalue weighted by molar-refractivity contribution is 4.82. The van der Waals surface area contributed by atoms with E-state index in [0.717, 1.165) is 38.6 Å². The molecule has 0 spiro atoms. The summed E-state index contributed by atoms with van der Waals surface area (Å²) in [6.45, 7) is 1.50. The van der Waals surface area contributed by atoms with Crippen molar-refractivity contribution in [2.45, 2.75) is 57.2 Å². The maximum Gasteiger partial charge on any atom is 0.393 e. The van der Waals surface area contributed by atoms with Crippen molar-refractivity contribution in [2.24, 2.45) is 11.8 Å². The summed E-state index contributed by atoms with van der Waals surface area (Å²) in [4.78, 5) is 1.92.